The molecule has 0 saturated carbocycles. The van der Waals surface area contributed by atoms with Crippen LogP contribution in [0.3, 0.4) is 0 Å². The highest BCUT2D eigenvalue weighted by Crippen LogP contribution is 2.22. The molecule has 88 valence electrons. The SMILES string of the molecule is CCC(C)(N)C(=O)N1CCC(CCO)C1. The number of amides is 1. The molecule has 2 unspecified atom stereocenters. The summed E-state index contributed by atoms with van der Waals surface area (Å²) in [7, 11) is 0. The Balaban J connectivity index is 2.50. The molecule has 0 bridgehead atoms. The molecule has 0 aromatic carbocycles. The first-order chi connectivity index (χ1) is 7.01. The molecule has 1 saturated heterocycles. The Kier molecular flexibility index (Phi) is 4.11. The summed E-state index contributed by atoms with van der Waals surface area (Å²) in [5.74, 6) is 0.497. The second-order valence-electron chi connectivity index (χ2n) is 4.69. The van der Waals surface area contributed by atoms with Crippen LogP contribution in [0.1, 0.15) is 33.1 Å². The third kappa shape index (κ3) is 2.92. The fraction of sp³-hybridized carbons (Fsp3) is 0.909. The van der Waals surface area contributed by atoms with E-state index in [0.717, 1.165) is 25.9 Å². The third-order valence-electron chi connectivity index (χ3n) is 3.33. The van der Waals surface area contributed by atoms with Gasteiger partial charge >= 0.3 is 0 Å². The second kappa shape index (κ2) is 4.94. The van der Waals surface area contributed by atoms with Crippen molar-refractivity contribution in [2.45, 2.75) is 38.6 Å². The minimum atomic E-state index is -0.728. The Morgan fingerprint density at radius 3 is 2.87 bits per heavy atom. The quantitative estimate of drug-likeness (QED) is 0.709. The zero-order chi connectivity index (χ0) is 11.5. The summed E-state index contributed by atoms with van der Waals surface area (Å²) < 4.78 is 0. The maximum Gasteiger partial charge on any atom is 0.242 e. The number of carbonyl (C=O) groups excluding carboxylic acids is 1. The maximum absolute atomic E-state index is 12.0. The van der Waals surface area contributed by atoms with Crippen molar-refractivity contribution in [3.05, 3.63) is 0 Å². The van der Waals surface area contributed by atoms with Crippen molar-refractivity contribution in [1.82, 2.24) is 4.90 Å². The fourth-order valence-electron chi connectivity index (χ4n) is 1.95. The smallest absolute Gasteiger partial charge is 0.242 e. The van der Waals surface area contributed by atoms with E-state index in [-0.39, 0.29) is 12.5 Å². The summed E-state index contributed by atoms with van der Waals surface area (Å²) in [6, 6.07) is 0. The molecule has 0 aliphatic carbocycles. The number of carbonyl (C=O) groups is 1. The molecule has 0 radical (unpaired) electrons. The van der Waals surface area contributed by atoms with Crippen LogP contribution in [-0.2, 0) is 4.79 Å². The molecule has 0 aromatic rings. The average Bonchev–Trinajstić information content (AvgIpc) is 2.66. The van der Waals surface area contributed by atoms with Crippen molar-refractivity contribution in [2.24, 2.45) is 11.7 Å². The van der Waals surface area contributed by atoms with E-state index in [2.05, 4.69) is 0 Å². The van der Waals surface area contributed by atoms with Crippen LogP contribution in [-0.4, -0.2) is 41.1 Å². The highest BCUT2D eigenvalue weighted by atomic mass is 16.3. The lowest BCUT2D eigenvalue weighted by Crippen LogP contribution is -2.52. The summed E-state index contributed by atoms with van der Waals surface area (Å²) in [4.78, 5) is 13.8. The van der Waals surface area contributed by atoms with Crippen LogP contribution in [0.5, 0.6) is 0 Å². The van der Waals surface area contributed by atoms with Crippen molar-refractivity contribution < 1.29 is 9.90 Å². The minimum absolute atomic E-state index is 0.0467. The van der Waals surface area contributed by atoms with Crippen molar-refractivity contribution in [3.63, 3.8) is 0 Å². The summed E-state index contributed by atoms with van der Waals surface area (Å²) in [5, 5.41) is 8.83. The lowest BCUT2D eigenvalue weighted by Gasteiger charge is -2.28. The van der Waals surface area contributed by atoms with Gasteiger partial charge in [-0.05, 0) is 32.1 Å². The second-order valence-corrected chi connectivity index (χ2v) is 4.69. The van der Waals surface area contributed by atoms with Crippen molar-refractivity contribution in [1.29, 1.82) is 0 Å². The fourth-order valence-corrected chi connectivity index (χ4v) is 1.95. The molecule has 1 amide bonds. The van der Waals surface area contributed by atoms with Gasteiger partial charge in [-0.2, -0.15) is 0 Å². The van der Waals surface area contributed by atoms with Crippen LogP contribution in [0.15, 0.2) is 0 Å². The first-order valence-electron chi connectivity index (χ1n) is 5.70. The van der Waals surface area contributed by atoms with Gasteiger partial charge in [-0.3, -0.25) is 4.79 Å². The third-order valence-corrected chi connectivity index (χ3v) is 3.33. The Morgan fingerprint density at radius 2 is 2.33 bits per heavy atom. The number of aliphatic hydroxyl groups excluding tert-OH is 1. The molecule has 4 heteroatoms. The van der Waals surface area contributed by atoms with Gasteiger partial charge in [-0.1, -0.05) is 6.92 Å². The highest BCUT2D eigenvalue weighted by Gasteiger charge is 2.34. The number of nitrogens with two attached hydrogens (primary N) is 1. The lowest BCUT2D eigenvalue weighted by atomic mass is 9.99. The zero-order valence-electron chi connectivity index (χ0n) is 9.70. The van der Waals surface area contributed by atoms with Gasteiger partial charge in [-0.25, -0.2) is 0 Å². The predicted molar refractivity (Wildman–Crippen MR) is 59.3 cm³/mol. The Labute approximate surface area is 91.4 Å². The topological polar surface area (TPSA) is 66.6 Å². The molecule has 1 fully saturated rings. The van der Waals surface area contributed by atoms with E-state index in [0.29, 0.717) is 12.3 Å². The molecular formula is C11H22N2O2. The van der Waals surface area contributed by atoms with Gasteiger partial charge in [0.05, 0.1) is 5.54 Å². The molecule has 0 spiro atoms. The molecule has 1 rings (SSSR count). The summed E-state index contributed by atoms with van der Waals surface area (Å²) >= 11 is 0. The molecule has 1 aliphatic heterocycles. The standard InChI is InChI=1S/C11H22N2O2/c1-3-11(2,12)10(15)13-6-4-9(8-13)5-7-14/h9,14H,3-8,12H2,1-2H3. The number of hydrogen-bond acceptors (Lipinski definition) is 3. The molecule has 15 heavy (non-hydrogen) atoms. The van der Waals surface area contributed by atoms with Gasteiger partial charge in [0.1, 0.15) is 0 Å². The molecule has 1 heterocycles. The normalized spacial score (nSPS) is 25.3. The monoisotopic (exact) mass is 214 g/mol. The van der Waals surface area contributed by atoms with E-state index in [1.54, 1.807) is 6.92 Å². The summed E-state index contributed by atoms with van der Waals surface area (Å²) in [6.45, 7) is 5.47. The first kappa shape index (κ1) is 12.5. The number of likely N-dealkylation sites (tertiary alicyclic amines) is 1. The Bertz CT molecular complexity index is 229. The number of hydrogen-bond donors (Lipinski definition) is 2. The van der Waals surface area contributed by atoms with E-state index >= 15 is 0 Å². The highest BCUT2D eigenvalue weighted by molar-refractivity contribution is 5.85. The van der Waals surface area contributed by atoms with Crippen LogP contribution in [0, 0.1) is 5.92 Å². The van der Waals surface area contributed by atoms with Crippen molar-refractivity contribution >= 4 is 5.91 Å². The molecule has 3 N–H and O–H groups in total. The predicted octanol–water partition coefficient (Wildman–Crippen LogP) is 0.345. The van der Waals surface area contributed by atoms with E-state index < -0.39 is 5.54 Å². The van der Waals surface area contributed by atoms with Gasteiger partial charge < -0.3 is 15.7 Å². The number of nitrogens with zero attached hydrogens (tertiary/aromatic N) is 1. The minimum Gasteiger partial charge on any atom is -0.396 e. The van der Waals surface area contributed by atoms with Crippen LogP contribution < -0.4 is 5.73 Å². The van der Waals surface area contributed by atoms with Crippen molar-refractivity contribution in [2.75, 3.05) is 19.7 Å². The number of rotatable bonds is 4. The molecular weight excluding hydrogens is 192 g/mol. The number of aliphatic hydroxyl groups is 1. The largest absolute Gasteiger partial charge is 0.396 e. The molecule has 2 atom stereocenters. The maximum atomic E-state index is 12.0. The van der Waals surface area contributed by atoms with E-state index in [1.165, 1.54) is 0 Å². The van der Waals surface area contributed by atoms with Gasteiger partial charge in [-0.15, -0.1) is 0 Å². The zero-order valence-corrected chi connectivity index (χ0v) is 9.70. The van der Waals surface area contributed by atoms with Gasteiger partial charge in [0, 0.05) is 19.7 Å². The molecule has 0 aromatic heterocycles. The van der Waals surface area contributed by atoms with Gasteiger partial charge in [0.15, 0.2) is 0 Å². The van der Waals surface area contributed by atoms with Crippen LogP contribution in [0.2, 0.25) is 0 Å². The lowest BCUT2D eigenvalue weighted by molar-refractivity contribution is -0.135. The van der Waals surface area contributed by atoms with E-state index in [4.69, 9.17) is 10.8 Å². The summed E-state index contributed by atoms with van der Waals surface area (Å²) in [5.41, 5.74) is 5.19. The van der Waals surface area contributed by atoms with Gasteiger partial charge in [0.2, 0.25) is 5.91 Å². The van der Waals surface area contributed by atoms with Crippen LogP contribution in [0.4, 0.5) is 0 Å². The molecule has 4 nitrogen and oxygen atoms in total. The Morgan fingerprint density at radius 1 is 1.67 bits per heavy atom. The summed E-state index contributed by atoms with van der Waals surface area (Å²) in [6.07, 6.45) is 2.44. The van der Waals surface area contributed by atoms with E-state index in [1.807, 2.05) is 11.8 Å². The average molecular weight is 214 g/mol. The van der Waals surface area contributed by atoms with Gasteiger partial charge in [0.25, 0.3) is 0 Å². The van der Waals surface area contributed by atoms with Crippen LogP contribution in [0.25, 0.3) is 0 Å². The first-order valence-corrected chi connectivity index (χ1v) is 5.70. The molecule has 1 aliphatic rings. The van der Waals surface area contributed by atoms with Crippen molar-refractivity contribution in [3.8, 4) is 0 Å². The Hall–Kier alpha value is -0.610. The van der Waals surface area contributed by atoms with Crippen LogP contribution >= 0.6 is 0 Å². The van der Waals surface area contributed by atoms with E-state index in [9.17, 15) is 4.79 Å².